The maximum Gasteiger partial charge on any atom is 0.161 e. The normalized spacial score (nSPS) is 21.7. The minimum atomic E-state index is -0.681. The van der Waals surface area contributed by atoms with Gasteiger partial charge in [0, 0.05) is 6.42 Å². The number of hydrogen-bond acceptors (Lipinski definition) is 2. The Morgan fingerprint density at radius 1 is 1.31 bits per heavy atom. The zero-order valence-electron chi connectivity index (χ0n) is 10.7. The van der Waals surface area contributed by atoms with Gasteiger partial charge in [-0.2, -0.15) is 0 Å². The highest BCUT2D eigenvalue weighted by Gasteiger charge is 2.27. The fourth-order valence-electron chi connectivity index (χ4n) is 2.77. The predicted molar refractivity (Wildman–Crippen MR) is 66.3 cm³/mol. The van der Waals surface area contributed by atoms with E-state index in [-0.39, 0.29) is 11.7 Å². The fraction of sp³-hybridized carbons (Fsp3) is 0.929. The summed E-state index contributed by atoms with van der Waals surface area (Å²) in [6.07, 6.45) is 7.79. The quantitative estimate of drug-likeness (QED) is 0.754. The number of aliphatic hydroxyl groups is 1. The first-order valence-electron chi connectivity index (χ1n) is 6.86. The van der Waals surface area contributed by atoms with Gasteiger partial charge in [0.1, 0.15) is 6.10 Å². The molecule has 0 aromatic rings. The van der Waals surface area contributed by atoms with E-state index in [9.17, 15) is 9.90 Å². The second-order valence-corrected chi connectivity index (χ2v) is 5.41. The van der Waals surface area contributed by atoms with Crippen LogP contribution in [0.25, 0.3) is 0 Å². The molecule has 0 bridgehead atoms. The minimum absolute atomic E-state index is 0.0767. The number of carbonyl (C=O) groups excluding carboxylic acids is 1. The topological polar surface area (TPSA) is 37.3 Å². The van der Waals surface area contributed by atoms with Crippen LogP contribution in [0.4, 0.5) is 0 Å². The van der Waals surface area contributed by atoms with E-state index in [0.29, 0.717) is 12.3 Å². The number of Topliss-reactive ketones (excluding diaryl/α,β-unsaturated/α-hetero) is 1. The van der Waals surface area contributed by atoms with Crippen LogP contribution in [-0.4, -0.2) is 17.0 Å². The molecule has 1 fully saturated rings. The van der Waals surface area contributed by atoms with Crippen molar-refractivity contribution in [1.82, 2.24) is 0 Å². The molecule has 1 rings (SSSR count). The van der Waals surface area contributed by atoms with Gasteiger partial charge in [0.15, 0.2) is 5.78 Å². The van der Waals surface area contributed by atoms with Crippen molar-refractivity contribution >= 4 is 5.78 Å². The molecule has 0 spiro atoms. The maximum absolute atomic E-state index is 11.9. The SMILES string of the molecule is CCCC(C)CC(=O)C(O)C1CCCCC1. The smallest absolute Gasteiger partial charge is 0.161 e. The summed E-state index contributed by atoms with van der Waals surface area (Å²) in [6, 6.07) is 0. The monoisotopic (exact) mass is 226 g/mol. The van der Waals surface area contributed by atoms with Crippen molar-refractivity contribution in [2.75, 3.05) is 0 Å². The molecule has 0 aliphatic heterocycles. The van der Waals surface area contributed by atoms with Gasteiger partial charge in [-0.15, -0.1) is 0 Å². The van der Waals surface area contributed by atoms with E-state index in [4.69, 9.17) is 0 Å². The van der Waals surface area contributed by atoms with Gasteiger partial charge in [-0.25, -0.2) is 0 Å². The Bertz CT molecular complexity index is 207. The molecular weight excluding hydrogens is 200 g/mol. The first-order chi connectivity index (χ1) is 7.65. The predicted octanol–water partition coefficient (Wildman–Crippen LogP) is 3.32. The molecule has 0 aromatic heterocycles. The Labute approximate surface area is 99.4 Å². The van der Waals surface area contributed by atoms with Crippen LogP contribution in [0.5, 0.6) is 0 Å². The molecule has 2 heteroatoms. The van der Waals surface area contributed by atoms with Crippen LogP contribution >= 0.6 is 0 Å². The molecule has 2 unspecified atom stereocenters. The van der Waals surface area contributed by atoms with E-state index in [1.54, 1.807) is 0 Å². The molecule has 0 amide bonds. The van der Waals surface area contributed by atoms with Crippen molar-refractivity contribution in [3.63, 3.8) is 0 Å². The summed E-state index contributed by atoms with van der Waals surface area (Å²) in [5.74, 6) is 0.749. The first kappa shape index (κ1) is 13.7. The minimum Gasteiger partial charge on any atom is -0.385 e. The van der Waals surface area contributed by atoms with E-state index < -0.39 is 6.10 Å². The Balaban J connectivity index is 2.34. The molecule has 0 heterocycles. The molecule has 94 valence electrons. The van der Waals surface area contributed by atoms with Gasteiger partial charge >= 0.3 is 0 Å². The number of hydrogen-bond donors (Lipinski definition) is 1. The van der Waals surface area contributed by atoms with Crippen LogP contribution in [0.1, 0.15) is 65.2 Å². The molecule has 0 saturated heterocycles. The molecule has 0 aromatic carbocycles. The van der Waals surface area contributed by atoms with Crippen LogP contribution in [0.15, 0.2) is 0 Å². The number of rotatable bonds is 6. The molecule has 2 atom stereocenters. The lowest BCUT2D eigenvalue weighted by Crippen LogP contribution is -2.32. The third kappa shape index (κ3) is 4.25. The van der Waals surface area contributed by atoms with E-state index in [2.05, 4.69) is 13.8 Å². The van der Waals surface area contributed by atoms with Crippen molar-refractivity contribution in [3.05, 3.63) is 0 Å². The van der Waals surface area contributed by atoms with Gasteiger partial charge in [-0.1, -0.05) is 46.0 Å². The summed E-state index contributed by atoms with van der Waals surface area (Å²) in [7, 11) is 0. The number of ketones is 1. The molecule has 16 heavy (non-hydrogen) atoms. The van der Waals surface area contributed by atoms with E-state index in [1.165, 1.54) is 19.3 Å². The highest BCUT2D eigenvalue weighted by atomic mass is 16.3. The third-order valence-corrected chi connectivity index (χ3v) is 3.76. The third-order valence-electron chi connectivity index (χ3n) is 3.76. The molecule has 1 aliphatic rings. The zero-order valence-corrected chi connectivity index (χ0v) is 10.7. The van der Waals surface area contributed by atoms with Crippen molar-refractivity contribution in [2.45, 2.75) is 71.3 Å². The summed E-state index contributed by atoms with van der Waals surface area (Å²) < 4.78 is 0. The first-order valence-corrected chi connectivity index (χ1v) is 6.86. The molecule has 0 radical (unpaired) electrons. The van der Waals surface area contributed by atoms with Gasteiger partial charge in [0.2, 0.25) is 0 Å². The van der Waals surface area contributed by atoms with Gasteiger partial charge in [0.05, 0.1) is 0 Å². The van der Waals surface area contributed by atoms with E-state index in [0.717, 1.165) is 25.7 Å². The van der Waals surface area contributed by atoms with Crippen molar-refractivity contribution in [1.29, 1.82) is 0 Å². The number of carbonyl (C=O) groups is 1. The second-order valence-electron chi connectivity index (χ2n) is 5.41. The zero-order chi connectivity index (χ0) is 12.0. The fourth-order valence-corrected chi connectivity index (χ4v) is 2.77. The van der Waals surface area contributed by atoms with Gasteiger partial charge in [0.25, 0.3) is 0 Å². The Hall–Kier alpha value is -0.370. The lowest BCUT2D eigenvalue weighted by Gasteiger charge is -2.26. The summed E-state index contributed by atoms with van der Waals surface area (Å²) in [5.41, 5.74) is 0. The summed E-state index contributed by atoms with van der Waals surface area (Å²) in [5, 5.41) is 10.0. The van der Waals surface area contributed by atoms with Crippen molar-refractivity contribution in [3.8, 4) is 0 Å². The van der Waals surface area contributed by atoms with E-state index in [1.807, 2.05) is 0 Å². The van der Waals surface area contributed by atoms with E-state index >= 15 is 0 Å². The van der Waals surface area contributed by atoms with Crippen LogP contribution in [0, 0.1) is 11.8 Å². The highest BCUT2D eigenvalue weighted by Crippen LogP contribution is 2.28. The molecule has 2 nitrogen and oxygen atoms in total. The van der Waals surface area contributed by atoms with Crippen LogP contribution in [0.3, 0.4) is 0 Å². The average Bonchev–Trinajstić information content (AvgIpc) is 2.29. The van der Waals surface area contributed by atoms with Gasteiger partial charge in [-0.05, 0) is 24.7 Å². The summed E-state index contributed by atoms with van der Waals surface area (Å²) in [6.45, 7) is 4.24. The molecule has 1 N–H and O–H groups in total. The maximum atomic E-state index is 11.9. The average molecular weight is 226 g/mol. The Morgan fingerprint density at radius 2 is 1.94 bits per heavy atom. The van der Waals surface area contributed by atoms with Gasteiger partial charge < -0.3 is 5.11 Å². The Kier molecular flexibility index (Phi) is 6.04. The summed E-state index contributed by atoms with van der Waals surface area (Å²) in [4.78, 5) is 11.9. The Morgan fingerprint density at radius 3 is 2.50 bits per heavy atom. The molecule has 1 aliphatic carbocycles. The second kappa shape index (κ2) is 7.05. The summed E-state index contributed by atoms with van der Waals surface area (Å²) >= 11 is 0. The highest BCUT2D eigenvalue weighted by molar-refractivity contribution is 5.83. The number of aliphatic hydroxyl groups excluding tert-OH is 1. The lowest BCUT2D eigenvalue weighted by atomic mass is 9.82. The van der Waals surface area contributed by atoms with Crippen molar-refractivity contribution in [2.24, 2.45) is 11.8 Å². The van der Waals surface area contributed by atoms with Crippen molar-refractivity contribution < 1.29 is 9.90 Å². The van der Waals surface area contributed by atoms with Gasteiger partial charge in [-0.3, -0.25) is 4.79 Å². The van der Waals surface area contributed by atoms with Crippen LogP contribution in [-0.2, 0) is 4.79 Å². The molecular formula is C14H26O2. The molecule has 1 saturated carbocycles. The van der Waals surface area contributed by atoms with Crippen LogP contribution in [0.2, 0.25) is 0 Å². The standard InChI is InChI=1S/C14H26O2/c1-3-7-11(2)10-13(15)14(16)12-8-5-4-6-9-12/h11-12,14,16H,3-10H2,1-2H3. The lowest BCUT2D eigenvalue weighted by molar-refractivity contribution is -0.131. The van der Waals surface area contributed by atoms with Crippen LogP contribution < -0.4 is 0 Å². The largest absolute Gasteiger partial charge is 0.385 e.